The number of rotatable bonds is 3. The van der Waals surface area contributed by atoms with Crippen LogP contribution in [0.5, 0.6) is 11.5 Å². The minimum atomic E-state index is 0.0265. The van der Waals surface area contributed by atoms with Crippen LogP contribution < -0.4 is 14.8 Å². The Morgan fingerprint density at radius 1 is 0.938 bits per heavy atom. The van der Waals surface area contributed by atoms with Gasteiger partial charge in [0.1, 0.15) is 0 Å². The first-order valence-corrected chi connectivity index (χ1v) is 11.9. The molecule has 170 valence electrons. The van der Waals surface area contributed by atoms with Crippen molar-refractivity contribution < 1.29 is 9.47 Å². The Hall–Kier alpha value is -2.46. The van der Waals surface area contributed by atoms with Crippen LogP contribution in [0.1, 0.15) is 69.2 Å². The number of ether oxygens (including phenoxy) is 2. The van der Waals surface area contributed by atoms with E-state index in [4.69, 9.17) is 9.47 Å². The van der Waals surface area contributed by atoms with Gasteiger partial charge in [0, 0.05) is 34.6 Å². The summed E-state index contributed by atoms with van der Waals surface area (Å²) < 4.78 is 11.5. The molecular formula is C28H36N2O2. The SMILES string of the molecule is COc1cccc(C2CNC3(CCC(C(C)(C)C)CC3)c3[nH]c4ccccc4c32)c1OC. The molecule has 5 rings (SSSR count). The molecule has 32 heavy (non-hydrogen) atoms. The maximum Gasteiger partial charge on any atom is 0.164 e. The lowest BCUT2D eigenvalue weighted by Crippen LogP contribution is -2.51. The lowest BCUT2D eigenvalue weighted by Gasteiger charge is -2.48. The lowest BCUT2D eigenvalue weighted by molar-refractivity contribution is 0.105. The first kappa shape index (κ1) is 21.4. The standard InChI is InChI=1S/C28H36N2O2/c1-27(2,3)18-13-15-28(16-14-18)26-24(20-9-6-7-11-22(20)30-26)21(17-29-28)19-10-8-12-23(31-4)25(19)32-5/h6-12,18,21,29-30H,13-17H2,1-5H3. The quantitative estimate of drug-likeness (QED) is 0.507. The molecule has 1 aliphatic heterocycles. The number of fused-ring (bicyclic) bond motifs is 4. The molecule has 2 aliphatic rings. The van der Waals surface area contributed by atoms with Crippen molar-refractivity contribution in [1.29, 1.82) is 0 Å². The zero-order valence-electron chi connectivity index (χ0n) is 20.0. The molecule has 4 heteroatoms. The van der Waals surface area contributed by atoms with E-state index < -0.39 is 0 Å². The fourth-order valence-electron chi connectivity index (χ4n) is 6.25. The van der Waals surface area contributed by atoms with E-state index >= 15 is 0 Å². The molecule has 4 nitrogen and oxygen atoms in total. The molecule has 1 fully saturated rings. The van der Waals surface area contributed by atoms with Crippen molar-refractivity contribution in [2.75, 3.05) is 20.8 Å². The smallest absolute Gasteiger partial charge is 0.164 e. The van der Waals surface area contributed by atoms with Gasteiger partial charge in [0.05, 0.1) is 19.8 Å². The van der Waals surface area contributed by atoms with Crippen molar-refractivity contribution in [3.8, 4) is 11.5 Å². The summed E-state index contributed by atoms with van der Waals surface area (Å²) in [5.74, 6) is 2.61. The third-order valence-corrected chi connectivity index (χ3v) is 8.09. The average Bonchev–Trinajstić information content (AvgIpc) is 3.20. The number of aromatic nitrogens is 1. The molecule has 1 spiro atoms. The second-order valence-electron chi connectivity index (χ2n) is 10.7. The van der Waals surface area contributed by atoms with Crippen LogP contribution in [0.4, 0.5) is 0 Å². The molecular weight excluding hydrogens is 396 g/mol. The van der Waals surface area contributed by atoms with Gasteiger partial charge in [-0.25, -0.2) is 0 Å². The third kappa shape index (κ3) is 3.31. The molecule has 1 saturated carbocycles. The Balaban J connectivity index is 1.63. The van der Waals surface area contributed by atoms with Gasteiger partial charge in [-0.05, 0) is 54.7 Å². The first-order valence-electron chi connectivity index (χ1n) is 11.9. The van der Waals surface area contributed by atoms with Gasteiger partial charge in [0.15, 0.2) is 11.5 Å². The summed E-state index contributed by atoms with van der Waals surface area (Å²) in [5.41, 5.74) is 5.62. The average molecular weight is 433 g/mol. The Bertz CT molecular complexity index is 1120. The lowest BCUT2D eigenvalue weighted by atomic mass is 9.64. The van der Waals surface area contributed by atoms with Crippen molar-refractivity contribution in [1.82, 2.24) is 10.3 Å². The number of hydrogen-bond donors (Lipinski definition) is 2. The van der Waals surface area contributed by atoms with E-state index in [1.54, 1.807) is 14.2 Å². The fraction of sp³-hybridized carbons (Fsp3) is 0.500. The van der Waals surface area contributed by atoms with Gasteiger partial charge >= 0.3 is 0 Å². The topological polar surface area (TPSA) is 46.3 Å². The summed E-state index contributed by atoms with van der Waals surface area (Å²) in [6.45, 7) is 8.08. The molecule has 0 radical (unpaired) electrons. The Kier molecular flexibility index (Phi) is 5.24. The second-order valence-corrected chi connectivity index (χ2v) is 10.7. The van der Waals surface area contributed by atoms with Gasteiger partial charge < -0.3 is 19.8 Å². The summed E-state index contributed by atoms with van der Waals surface area (Å²) in [5, 5.41) is 5.36. The maximum atomic E-state index is 5.85. The zero-order chi connectivity index (χ0) is 22.5. The van der Waals surface area contributed by atoms with Crippen LogP contribution in [-0.2, 0) is 5.54 Å². The minimum Gasteiger partial charge on any atom is -0.493 e. The monoisotopic (exact) mass is 432 g/mol. The molecule has 0 saturated heterocycles. The highest BCUT2D eigenvalue weighted by molar-refractivity contribution is 5.87. The van der Waals surface area contributed by atoms with E-state index in [0.29, 0.717) is 5.41 Å². The van der Waals surface area contributed by atoms with Crippen LogP contribution in [-0.4, -0.2) is 25.7 Å². The molecule has 0 amide bonds. The first-order chi connectivity index (χ1) is 15.4. The van der Waals surface area contributed by atoms with Crippen molar-refractivity contribution in [3.05, 3.63) is 59.3 Å². The van der Waals surface area contributed by atoms with E-state index in [1.165, 1.54) is 53.4 Å². The summed E-state index contributed by atoms with van der Waals surface area (Å²) >= 11 is 0. The number of benzene rings is 2. The molecule has 1 atom stereocenters. The largest absolute Gasteiger partial charge is 0.493 e. The zero-order valence-corrected chi connectivity index (χ0v) is 20.0. The summed E-state index contributed by atoms with van der Waals surface area (Å²) in [6.07, 6.45) is 4.88. The number of nitrogens with one attached hydrogen (secondary N) is 2. The molecule has 1 aliphatic carbocycles. The fourth-order valence-corrected chi connectivity index (χ4v) is 6.25. The van der Waals surface area contributed by atoms with Crippen LogP contribution in [0.25, 0.3) is 10.9 Å². The molecule has 2 heterocycles. The van der Waals surface area contributed by atoms with E-state index in [0.717, 1.165) is 24.0 Å². The molecule has 2 N–H and O–H groups in total. The second kappa shape index (κ2) is 7.84. The third-order valence-electron chi connectivity index (χ3n) is 8.09. The van der Waals surface area contributed by atoms with E-state index in [9.17, 15) is 0 Å². The van der Waals surface area contributed by atoms with Crippen LogP contribution >= 0.6 is 0 Å². The predicted molar refractivity (Wildman–Crippen MR) is 131 cm³/mol. The molecule has 1 unspecified atom stereocenters. The number of para-hydroxylation sites is 2. The number of hydrogen-bond acceptors (Lipinski definition) is 3. The van der Waals surface area contributed by atoms with Gasteiger partial charge in [0.2, 0.25) is 0 Å². The van der Waals surface area contributed by atoms with E-state index in [2.05, 4.69) is 67.5 Å². The molecule has 0 bridgehead atoms. The Labute approximate surface area is 191 Å². The number of H-pyrrole nitrogens is 1. The van der Waals surface area contributed by atoms with Crippen molar-refractivity contribution in [2.24, 2.45) is 11.3 Å². The van der Waals surface area contributed by atoms with Crippen LogP contribution in [0.2, 0.25) is 0 Å². The van der Waals surface area contributed by atoms with Gasteiger partial charge in [-0.1, -0.05) is 51.1 Å². The maximum absolute atomic E-state index is 5.85. The number of aromatic amines is 1. The van der Waals surface area contributed by atoms with Crippen LogP contribution in [0, 0.1) is 11.3 Å². The van der Waals surface area contributed by atoms with Crippen LogP contribution in [0.3, 0.4) is 0 Å². The minimum absolute atomic E-state index is 0.0265. The highest BCUT2D eigenvalue weighted by Crippen LogP contribution is 2.52. The van der Waals surface area contributed by atoms with Crippen molar-refractivity contribution in [2.45, 2.75) is 57.9 Å². The van der Waals surface area contributed by atoms with Crippen LogP contribution in [0.15, 0.2) is 42.5 Å². The number of methoxy groups -OCH3 is 2. The van der Waals surface area contributed by atoms with Gasteiger partial charge in [-0.3, -0.25) is 0 Å². The highest BCUT2D eigenvalue weighted by Gasteiger charge is 2.46. The molecule has 3 aromatic rings. The summed E-state index contributed by atoms with van der Waals surface area (Å²) in [6, 6.07) is 15.0. The van der Waals surface area contributed by atoms with Gasteiger partial charge in [-0.2, -0.15) is 0 Å². The predicted octanol–water partition coefficient (Wildman–Crippen LogP) is 6.35. The summed E-state index contributed by atoms with van der Waals surface area (Å²) in [7, 11) is 3.45. The molecule has 2 aromatic carbocycles. The van der Waals surface area contributed by atoms with Crippen molar-refractivity contribution in [3.63, 3.8) is 0 Å². The normalized spacial score (nSPS) is 25.7. The highest BCUT2D eigenvalue weighted by atomic mass is 16.5. The summed E-state index contributed by atoms with van der Waals surface area (Å²) in [4.78, 5) is 3.86. The Morgan fingerprint density at radius 2 is 1.69 bits per heavy atom. The van der Waals surface area contributed by atoms with Gasteiger partial charge in [-0.15, -0.1) is 0 Å². The Morgan fingerprint density at radius 3 is 2.38 bits per heavy atom. The van der Waals surface area contributed by atoms with Gasteiger partial charge in [0.25, 0.3) is 0 Å². The molecule has 1 aromatic heterocycles. The van der Waals surface area contributed by atoms with E-state index in [-0.39, 0.29) is 11.5 Å². The van der Waals surface area contributed by atoms with E-state index in [1.807, 2.05) is 6.07 Å². The van der Waals surface area contributed by atoms with Crippen molar-refractivity contribution >= 4 is 10.9 Å².